The highest BCUT2D eigenvalue weighted by Gasteiger charge is 2.24. The average molecular weight is 239 g/mol. The van der Waals surface area contributed by atoms with Crippen LogP contribution in [-0.2, 0) is 9.59 Å². The monoisotopic (exact) mass is 239 g/mol. The van der Waals surface area contributed by atoms with Crippen LogP contribution in [0.1, 0.15) is 12.6 Å². The molecule has 1 aromatic heterocycles. The van der Waals surface area contributed by atoms with Crippen molar-refractivity contribution in [2.45, 2.75) is 24.3 Å². The fourth-order valence-corrected chi connectivity index (χ4v) is 1.96. The first-order valence-corrected chi connectivity index (χ1v) is 5.61. The number of nitrogens with zero attached hydrogens (tertiary/aromatic N) is 2. The highest BCUT2D eigenvalue weighted by atomic mass is 32.2. The van der Waals surface area contributed by atoms with Crippen LogP contribution in [0.5, 0.6) is 0 Å². The predicted molar refractivity (Wildman–Crippen MR) is 61.2 cm³/mol. The second-order valence-electron chi connectivity index (χ2n) is 3.20. The number of rotatable bonds is 4. The zero-order chi connectivity index (χ0) is 12.1. The molecular formula is C10H13N3O2S. The number of Topliss-reactive ketones (excluding diaryl/α,β-unsaturated/α-hetero) is 1. The van der Waals surface area contributed by atoms with Crippen molar-refractivity contribution in [1.82, 2.24) is 15.3 Å². The van der Waals surface area contributed by atoms with E-state index in [1.54, 1.807) is 12.3 Å². The molecule has 86 valence electrons. The maximum Gasteiger partial charge on any atom is 0.240 e. The van der Waals surface area contributed by atoms with Gasteiger partial charge in [0.05, 0.1) is 0 Å². The first kappa shape index (κ1) is 12.6. The van der Waals surface area contributed by atoms with Crippen molar-refractivity contribution < 1.29 is 9.59 Å². The van der Waals surface area contributed by atoms with Gasteiger partial charge in [-0.05, 0) is 19.9 Å². The van der Waals surface area contributed by atoms with E-state index in [-0.39, 0.29) is 11.7 Å². The molecule has 1 heterocycles. The fraction of sp³-hybridized carbons (Fsp3) is 0.400. The predicted octanol–water partition coefficient (Wildman–Crippen LogP) is 0.581. The van der Waals surface area contributed by atoms with Crippen molar-refractivity contribution in [1.29, 1.82) is 0 Å². The van der Waals surface area contributed by atoms with E-state index in [2.05, 4.69) is 15.3 Å². The molecule has 0 fully saturated rings. The SMILES string of the molecule is CNC(=O)C(Sc1nccc(C)n1)C(C)=O. The lowest BCUT2D eigenvalue weighted by Crippen LogP contribution is -2.34. The molecular weight excluding hydrogens is 226 g/mol. The van der Waals surface area contributed by atoms with E-state index in [0.29, 0.717) is 5.16 Å². The van der Waals surface area contributed by atoms with Crippen molar-refractivity contribution in [2.24, 2.45) is 0 Å². The van der Waals surface area contributed by atoms with Gasteiger partial charge >= 0.3 is 0 Å². The Morgan fingerprint density at radius 2 is 2.19 bits per heavy atom. The van der Waals surface area contributed by atoms with Gasteiger partial charge in [0.25, 0.3) is 0 Å². The molecule has 0 bridgehead atoms. The van der Waals surface area contributed by atoms with Gasteiger partial charge in [0.15, 0.2) is 10.9 Å². The van der Waals surface area contributed by atoms with Crippen LogP contribution in [-0.4, -0.2) is 34.0 Å². The van der Waals surface area contributed by atoms with Gasteiger partial charge in [-0.2, -0.15) is 0 Å². The third-order valence-corrected chi connectivity index (χ3v) is 3.04. The maximum absolute atomic E-state index is 11.4. The van der Waals surface area contributed by atoms with Gasteiger partial charge in [0, 0.05) is 18.9 Å². The van der Waals surface area contributed by atoms with E-state index in [9.17, 15) is 9.59 Å². The molecule has 0 saturated heterocycles. The summed E-state index contributed by atoms with van der Waals surface area (Å²) in [4.78, 5) is 30.9. The molecule has 0 saturated carbocycles. The lowest BCUT2D eigenvalue weighted by molar-refractivity contribution is -0.126. The summed E-state index contributed by atoms with van der Waals surface area (Å²) in [5.74, 6) is -0.544. The molecule has 1 amide bonds. The Kier molecular flexibility index (Phi) is 4.42. The second kappa shape index (κ2) is 5.60. The first-order valence-electron chi connectivity index (χ1n) is 4.73. The molecule has 0 aliphatic carbocycles. The van der Waals surface area contributed by atoms with Crippen molar-refractivity contribution >= 4 is 23.5 Å². The number of nitrogens with one attached hydrogen (secondary N) is 1. The van der Waals surface area contributed by atoms with Crippen LogP contribution in [0, 0.1) is 6.92 Å². The standard InChI is InChI=1S/C10H13N3O2S/c1-6-4-5-12-10(13-6)16-8(7(2)14)9(15)11-3/h4-5,8H,1-3H3,(H,11,15). The van der Waals surface area contributed by atoms with Gasteiger partial charge in [-0.1, -0.05) is 11.8 Å². The number of amides is 1. The van der Waals surface area contributed by atoms with Crippen molar-refractivity contribution in [3.63, 3.8) is 0 Å². The lowest BCUT2D eigenvalue weighted by atomic mass is 10.3. The Balaban J connectivity index is 2.84. The van der Waals surface area contributed by atoms with E-state index in [1.807, 2.05) is 6.92 Å². The third-order valence-electron chi connectivity index (χ3n) is 1.85. The van der Waals surface area contributed by atoms with Gasteiger partial charge in [0.1, 0.15) is 5.25 Å². The van der Waals surface area contributed by atoms with Gasteiger partial charge in [-0.3, -0.25) is 9.59 Å². The molecule has 16 heavy (non-hydrogen) atoms. The van der Waals surface area contributed by atoms with Gasteiger partial charge < -0.3 is 5.32 Å². The summed E-state index contributed by atoms with van der Waals surface area (Å²) in [6, 6.07) is 1.76. The molecule has 5 nitrogen and oxygen atoms in total. The molecule has 1 rings (SSSR count). The number of carbonyl (C=O) groups excluding carboxylic acids is 2. The number of aromatic nitrogens is 2. The number of thioether (sulfide) groups is 1. The van der Waals surface area contributed by atoms with Crippen LogP contribution in [0.25, 0.3) is 0 Å². The van der Waals surface area contributed by atoms with Crippen molar-refractivity contribution in [3.8, 4) is 0 Å². The quantitative estimate of drug-likeness (QED) is 0.473. The summed E-state index contributed by atoms with van der Waals surface area (Å²) in [6.07, 6.45) is 1.60. The summed E-state index contributed by atoms with van der Waals surface area (Å²) in [5, 5.41) is 2.09. The van der Waals surface area contributed by atoms with E-state index in [0.717, 1.165) is 17.5 Å². The van der Waals surface area contributed by atoms with Crippen LogP contribution in [0.3, 0.4) is 0 Å². The summed E-state index contributed by atoms with van der Waals surface area (Å²) in [6.45, 7) is 3.21. The number of hydrogen-bond acceptors (Lipinski definition) is 5. The Morgan fingerprint density at radius 3 is 2.69 bits per heavy atom. The maximum atomic E-state index is 11.4. The van der Waals surface area contributed by atoms with Crippen molar-refractivity contribution in [3.05, 3.63) is 18.0 Å². The first-order chi connectivity index (χ1) is 7.54. The highest BCUT2D eigenvalue weighted by molar-refractivity contribution is 8.01. The van der Waals surface area contributed by atoms with Gasteiger partial charge in [-0.15, -0.1) is 0 Å². The summed E-state index contributed by atoms with van der Waals surface area (Å²) in [7, 11) is 1.50. The Hall–Kier alpha value is -1.43. The normalized spacial score (nSPS) is 11.9. The minimum Gasteiger partial charge on any atom is -0.358 e. The smallest absolute Gasteiger partial charge is 0.240 e. The van der Waals surface area contributed by atoms with Gasteiger partial charge in [-0.25, -0.2) is 9.97 Å². The Bertz CT molecular complexity index is 409. The number of ketones is 1. The molecule has 0 aromatic carbocycles. The van der Waals surface area contributed by atoms with E-state index < -0.39 is 5.25 Å². The number of carbonyl (C=O) groups is 2. The molecule has 1 atom stereocenters. The second-order valence-corrected chi connectivity index (χ2v) is 4.28. The van der Waals surface area contributed by atoms with E-state index in [4.69, 9.17) is 0 Å². The number of hydrogen-bond donors (Lipinski definition) is 1. The largest absolute Gasteiger partial charge is 0.358 e. The van der Waals surface area contributed by atoms with E-state index >= 15 is 0 Å². The zero-order valence-corrected chi connectivity index (χ0v) is 10.2. The van der Waals surface area contributed by atoms with Gasteiger partial charge in [0.2, 0.25) is 5.91 Å². The molecule has 1 N–H and O–H groups in total. The third kappa shape index (κ3) is 3.30. The van der Waals surface area contributed by atoms with Crippen LogP contribution >= 0.6 is 11.8 Å². The molecule has 1 aromatic rings. The van der Waals surface area contributed by atoms with Crippen molar-refractivity contribution in [2.75, 3.05) is 7.05 Å². The minimum atomic E-state index is -0.785. The average Bonchev–Trinajstić information content (AvgIpc) is 2.24. The van der Waals surface area contributed by atoms with Crippen LogP contribution in [0.15, 0.2) is 17.4 Å². The number of aryl methyl sites for hydroxylation is 1. The molecule has 0 aliphatic rings. The minimum absolute atomic E-state index is 0.213. The lowest BCUT2D eigenvalue weighted by Gasteiger charge is -2.10. The van der Waals surface area contributed by atoms with Crippen LogP contribution in [0.2, 0.25) is 0 Å². The van der Waals surface area contributed by atoms with Crippen LogP contribution in [0.4, 0.5) is 0 Å². The molecule has 0 spiro atoms. The highest BCUT2D eigenvalue weighted by Crippen LogP contribution is 2.20. The zero-order valence-electron chi connectivity index (χ0n) is 9.35. The molecule has 1 unspecified atom stereocenters. The van der Waals surface area contributed by atoms with Crippen LogP contribution < -0.4 is 5.32 Å². The molecule has 6 heteroatoms. The summed E-state index contributed by atoms with van der Waals surface area (Å²) >= 11 is 1.06. The summed E-state index contributed by atoms with van der Waals surface area (Å²) in [5.41, 5.74) is 0.803. The Morgan fingerprint density at radius 1 is 1.50 bits per heavy atom. The van der Waals surface area contributed by atoms with E-state index in [1.165, 1.54) is 14.0 Å². The molecule has 0 aliphatic heterocycles. The fourth-order valence-electron chi connectivity index (χ4n) is 1.04. The Labute approximate surface area is 98.1 Å². The molecule has 0 radical (unpaired) electrons. The summed E-state index contributed by atoms with van der Waals surface area (Å²) < 4.78 is 0. The topological polar surface area (TPSA) is 72.0 Å².